The number of aryl methyl sites for hydroxylation is 1. The number of fused-ring (bicyclic) bond motifs is 1. The van der Waals surface area contributed by atoms with E-state index in [1.807, 2.05) is 25.1 Å². The van der Waals surface area contributed by atoms with Gasteiger partial charge in [-0.1, -0.05) is 0 Å². The van der Waals surface area contributed by atoms with Gasteiger partial charge >= 0.3 is 0 Å². The first-order valence-electron chi connectivity index (χ1n) is 9.19. The van der Waals surface area contributed by atoms with E-state index in [4.69, 9.17) is 9.57 Å². The summed E-state index contributed by atoms with van der Waals surface area (Å²) in [5.74, 6) is -1.07. The van der Waals surface area contributed by atoms with Gasteiger partial charge in [0, 0.05) is 22.3 Å². The number of rotatable bonds is 5. The highest BCUT2D eigenvalue weighted by atomic mass is 127. The van der Waals surface area contributed by atoms with E-state index in [0.717, 1.165) is 27.7 Å². The monoisotopic (exact) mass is 527 g/mol. The second kappa shape index (κ2) is 8.90. The van der Waals surface area contributed by atoms with Crippen LogP contribution in [0.4, 0.5) is 15.8 Å². The van der Waals surface area contributed by atoms with Crippen molar-refractivity contribution in [3.63, 3.8) is 0 Å². The van der Waals surface area contributed by atoms with Gasteiger partial charge in [0.25, 0.3) is 5.91 Å². The Bertz CT molecular complexity index is 1050. The third-order valence-electron chi connectivity index (χ3n) is 4.68. The van der Waals surface area contributed by atoms with Gasteiger partial charge < -0.3 is 10.1 Å². The smallest absolute Gasteiger partial charge is 0.277 e. The molecule has 1 aromatic heterocycles. The van der Waals surface area contributed by atoms with Gasteiger partial charge in [0.1, 0.15) is 0 Å². The van der Waals surface area contributed by atoms with Gasteiger partial charge in [0.05, 0.1) is 27.0 Å². The maximum atomic E-state index is 15.3. The van der Waals surface area contributed by atoms with E-state index in [1.54, 1.807) is 11.6 Å². The summed E-state index contributed by atoms with van der Waals surface area (Å²) in [4.78, 5) is 22.4. The van der Waals surface area contributed by atoms with Crippen LogP contribution in [-0.2, 0) is 9.57 Å². The summed E-state index contributed by atoms with van der Waals surface area (Å²) >= 11 is 3.41. The average molecular weight is 527 g/mol. The molecule has 9 heteroatoms. The van der Waals surface area contributed by atoms with Gasteiger partial charge in [0.2, 0.25) is 0 Å². The number of halogens is 2. The van der Waals surface area contributed by atoms with Crippen LogP contribution >= 0.6 is 33.9 Å². The summed E-state index contributed by atoms with van der Waals surface area (Å²) in [6.45, 7) is 2.52. The van der Waals surface area contributed by atoms with Crippen LogP contribution in [0.25, 0.3) is 10.2 Å². The van der Waals surface area contributed by atoms with Crippen LogP contribution in [0.15, 0.2) is 29.8 Å². The Balaban J connectivity index is 1.66. The Hall–Kier alpha value is -1.82. The topological polar surface area (TPSA) is 72.5 Å². The zero-order valence-corrected chi connectivity index (χ0v) is 18.6. The van der Waals surface area contributed by atoms with Crippen LogP contribution in [0, 0.1) is 16.3 Å². The molecule has 1 amide bonds. The van der Waals surface area contributed by atoms with E-state index in [1.165, 1.54) is 11.3 Å². The van der Waals surface area contributed by atoms with E-state index in [9.17, 15) is 4.79 Å². The quantitative estimate of drug-likeness (QED) is 0.349. The first-order chi connectivity index (χ1) is 14.0. The number of benzene rings is 2. The normalized spacial score (nSPS) is 16.7. The molecule has 0 spiro atoms. The molecule has 2 aromatic carbocycles. The lowest BCUT2D eigenvalue weighted by molar-refractivity contribution is -0.186. The number of ether oxygens (including phenoxy) is 1. The number of nitrogens with one attached hydrogen (secondary N) is 2. The molecule has 0 saturated carbocycles. The van der Waals surface area contributed by atoms with Gasteiger partial charge in [-0.2, -0.15) is 0 Å². The fraction of sp³-hybridized carbons (Fsp3) is 0.300. The lowest BCUT2D eigenvalue weighted by atomic mass is 10.1. The SMILES string of the molecule is Cc1cc(I)ccc1Nc1c(C(=O)NOC2CCCCO2)cc2ncsc2c1F. The molecule has 152 valence electrons. The standard InChI is InChI=1S/C20H19FIN3O3S/c1-11-8-12(22)5-6-14(11)24-18-13(9-15-19(17(18)21)29-10-23-15)20(26)25-28-16-4-2-3-7-27-16/h5-6,8-10,16,24H,2-4,7H2,1H3,(H,25,26). The van der Waals surface area contributed by atoms with Gasteiger partial charge in [-0.3, -0.25) is 4.79 Å². The summed E-state index contributed by atoms with van der Waals surface area (Å²) in [6, 6.07) is 7.33. The maximum absolute atomic E-state index is 15.3. The maximum Gasteiger partial charge on any atom is 0.277 e. The van der Waals surface area contributed by atoms with Crippen molar-refractivity contribution in [2.45, 2.75) is 32.5 Å². The Kier molecular flexibility index (Phi) is 6.28. The van der Waals surface area contributed by atoms with Crippen LogP contribution in [0.3, 0.4) is 0 Å². The molecule has 1 atom stereocenters. The van der Waals surface area contributed by atoms with Crippen LogP contribution in [0.1, 0.15) is 35.2 Å². The van der Waals surface area contributed by atoms with Gasteiger partial charge in [-0.15, -0.1) is 11.3 Å². The van der Waals surface area contributed by atoms with Crippen molar-refractivity contribution >= 4 is 61.4 Å². The number of amides is 1. The third-order valence-corrected chi connectivity index (χ3v) is 6.18. The molecule has 1 fully saturated rings. The lowest BCUT2D eigenvalue weighted by Gasteiger charge is -2.22. The van der Waals surface area contributed by atoms with Crippen molar-refractivity contribution in [3.8, 4) is 0 Å². The van der Waals surface area contributed by atoms with Gasteiger partial charge in [0.15, 0.2) is 12.1 Å². The minimum absolute atomic E-state index is 0.0942. The van der Waals surface area contributed by atoms with Crippen LogP contribution in [0.5, 0.6) is 0 Å². The van der Waals surface area contributed by atoms with E-state index < -0.39 is 18.0 Å². The molecule has 1 unspecified atom stereocenters. The minimum atomic E-state index is -0.557. The Morgan fingerprint density at radius 1 is 1.38 bits per heavy atom. The minimum Gasteiger partial charge on any atom is -0.352 e. The van der Waals surface area contributed by atoms with E-state index in [-0.39, 0.29) is 11.3 Å². The molecule has 1 aliphatic heterocycles. The summed E-state index contributed by atoms with van der Waals surface area (Å²) in [6.07, 6.45) is 2.16. The third kappa shape index (κ3) is 4.52. The molecule has 1 aliphatic rings. The lowest BCUT2D eigenvalue weighted by Crippen LogP contribution is -2.33. The van der Waals surface area contributed by atoms with Crippen molar-refractivity contribution in [2.24, 2.45) is 0 Å². The average Bonchev–Trinajstić information content (AvgIpc) is 3.19. The number of hydrogen-bond acceptors (Lipinski definition) is 6. The second-order valence-corrected chi connectivity index (χ2v) is 8.84. The van der Waals surface area contributed by atoms with Gasteiger partial charge in [-0.25, -0.2) is 19.7 Å². The van der Waals surface area contributed by atoms with Crippen molar-refractivity contribution < 1.29 is 18.8 Å². The zero-order valence-electron chi connectivity index (χ0n) is 15.6. The molecule has 1 saturated heterocycles. The molecule has 6 nitrogen and oxygen atoms in total. The molecule has 0 aliphatic carbocycles. The fourth-order valence-electron chi connectivity index (χ4n) is 3.14. The molecule has 29 heavy (non-hydrogen) atoms. The Morgan fingerprint density at radius 3 is 3.00 bits per heavy atom. The van der Waals surface area contributed by atoms with Crippen LogP contribution in [0.2, 0.25) is 0 Å². The molecule has 3 aromatic rings. The highest BCUT2D eigenvalue weighted by molar-refractivity contribution is 14.1. The Morgan fingerprint density at radius 2 is 2.24 bits per heavy atom. The summed E-state index contributed by atoms with van der Waals surface area (Å²) in [7, 11) is 0. The van der Waals surface area contributed by atoms with Crippen molar-refractivity contribution in [1.29, 1.82) is 0 Å². The first-order valence-corrected chi connectivity index (χ1v) is 11.1. The van der Waals surface area contributed by atoms with E-state index >= 15 is 4.39 Å². The number of nitrogens with zero attached hydrogens (tertiary/aromatic N) is 1. The number of carbonyl (C=O) groups is 1. The number of carbonyl (C=O) groups excluding carboxylic acids is 1. The molecule has 0 radical (unpaired) electrons. The number of hydroxylamine groups is 1. The molecule has 4 rings (SSSR count). The highest BCUT2D eigenvalue weighted by Gasteiger charge is 2.23. The molecule has 2 heterocycles. The number of anilines is 2. The molecule has 2 N–H and O–H groups in total. The first kappa shape index (κ1) is 20.5. The molecular formula is C20H19FIN3O3S. The molecular weight excluding hydrogens is 508 g/mol. The summed E-state index contributed by atoms with van der Waals surface area (Å²) in [5.41, 5.74) is 6.27. The number of thiazole rings is 1. The predicted molar refractivity (Wildman–Crippen MR) is 119 cm³/mol. The fourth-order valence-corrected chi connectivity index (χ4v) is 4.50. The second-order valence-electron chi connectivity index (χ2n) is 6.74. The Labute approximate surface area is 184 Å². The largest absolute Gasteiger partial charge is 0.352 e. The number of aromatic nitrogens is 1. The van der Waals surface area contributed by atoms with E-state index in [2.05, 4.69) is 38.4 Å². The zero-order chi connectivity index (χ0) is 20.4. The van der Waals surface area contributed by atoms with Crippen molar-refractivity contribution in [1.82, 2.24) is 10.5 Å². The van der Waals surface area contributed by atoms with Crippen molar-refractivity contribution in [3.05, 3.63) is 50.3 Å². The van der Waals surface area contributed by atoms with E-state index in [0.29, 0.717) is 23.2 Å². The number of hydrogen-bond donors (Lipinski definition) is 2. The van der Waals surface area contributed by atoms with Crippen LogP contribution in [-0.4, -0.2) is 23.8 Å². The van der Waals surface area contributed by atoms with Crippen LogP contribution < -0.4 is 10.8 Å². The molecule has 0 bridgehead atoms. The summed E-state index contributed by atoms with van der Waals surface area (Å²) < 4.78 is 22.2. The van der Waals surface area contributed by atoms with Gasteiger partial charge in [-0.05, 0) is 72.2 Å². The summed E-state index contributed by atoms with van der Waals surface area (Å²) in [5, 5.41) is 3.09. The highest BCUT2D eigenvalue weighted by Crippen LogP contribution is 2.34. The van der Waals surface area contributed by atoms with Crippen molar-refractivity contribution in [2.75, 3.05) is 11.9 Å². The predicted octanol–water partition coefficient (Wildman–Crippen LogP) is 5.28.